The number of aromatic nitrogens is 2. The number of hydrogen-bond acceptors (Lipinski definition) is 4. The van der Waals surface area contributed by atoms with Crippen LogP contribution in [0, 0.1) is 13.8 Å². The monoisotopic (exact) mass is 425 g/mol. The van der Waals surface area contributed by atoms with E-state index < -0.39 is 6.04 Å². The van der Waals surface area contributed by atoms with Gasteiger partial charge in [0.15, 0.2) is 0 Å². The number of nitrogens with zero attached hydrogens (tertiary/aromatic N) is 1. The molecule has 0 radical (unpaired) electrons. The Balaban J connectivity index is 1.74. The molecule has 1 atom stereocenters. The van der Waals surface area contributed by atoms with Crippen LogP contribution in [-0.4, -0.2) is 27.8 Å². The largest absolute Gasteiger partial charge is 0.384 e. The number of anilines is 1. The highest BCUT2D eigenvalue weighted by molar-refractivity contribution is 6.30. The summed E-state index contributed by atoms with van der Waals surface area (Å²) in [7, 11) is 0. The molecule has 0 spiro atoms. The standard InChI is InChI=1S/C22H24ClN5O2/c1-13-9-14(2)27-20(13)22(30)28-18(10-15-3-6-17(23)7-4-15)21(29)26-12-16-5-8-19(24)25-11-16/h3-9,11,18,27H,10,12H2,1-2H3,(H2,24,25)(H,26,29)(H,28,30)/t18-/m0/s1. The van der Waals surface area contributed by atoms with Crippen LogP contribution in [0.25, 0.3) is 0 Å². The van der Waals surface area contributed by atoms with Crippen LogP contribution in [0.3, 0.4) is 0 Å². The van der Waals surface area contributed by atoms with Crippen molar-refractivity contribution in [3.8, 4) is 0 Å². The number of pyridine rings is 1. The number of carbonyl (C=O) groups excluding carboxylic acids is 2. The average Bonchev–Trinajstić information content (AvgIpc) is 3.06. The van der Waals surface area contributed by atoms with Gasteiger partial charge in [-0.3, -0.25) is 9.59 Å². The van der Waals surface area contributed by atoms with E-state index in [1.165, 1.54) is 0 Å². The van der Waals surface area contributed by atoms with Gasteiger partial charge in [-0.15, -0.1) is 0 Å². The van der Waals surface area contributed by atoms with Gasteiger partial charge >= 0.3 is 0 Å². The van der Waals surface area contributed by atoms with E-state index in [9.17, 15) is 9.59 Å². The molecule has 7 nitrogen and oxygen atoms in total. The van der Waals surface area contributed by atoms with Gasteiger partial charge in [-0.1, -0.05) is 29.8 Å². The van der Waals surface area contributed by atoms with E-state index in [-0.39, 0.29) is 18.4 Å². The van der Waals surface area contributed by atoms with Crippen molar-refractivity contribution in [2.24, 2.45) is 0 Å². The highest BCUT2D eigenvalue weighted by atomic mass is 35.5. The van der Waals surface area contributed by atoms with Gasteiger partial charge in [0.25, 0.3) is 5.91 Å². The van der Waals surface area contributed by atoms with E-state index in [0.29, 0.717) is 23.0 Å². The predicted molar refractivity (Wildman–Crippen MR) is 117 cm³/mol. The summed E-state index contributed by atoms with van der Waals surface area (Å²) in [6.45, 7) is 4.00. The molecule has 2 aromatic heterocycles. The molecule has 0 saturated heterocycles. The highest BCUT2D eigenvalue weighted by Crippen LogP contribution is 2.13. The number of rotatable bonds is 7. The summed E-state index contributed by atoms with van der Waals surface area (Å²) < 4.78 is 0. The maximum atomic E-state index is 12.9. The molecule has 3 rings (SSSR count). The van der Waals surface area contributed by atoms with Gasteiger partial charge in [0.2, 0.25) is 5.91 Å². The molecule has 0 bridgehead atoms. The van der Waals surface area contributed by atoms with Gasteiger partial charge in [0, 0.05) is 29.9 Å². The quantitative estimate of drug-likeness (QED) is 0.466. The molecule has 2 heterocycles. The lowest BCUT2D eigenvalue weighted by Crippen LogP contribution is -2.48. The summed E-state index contributed by atoms with van der Waals surface area (Å²) in [5.41, 5.74) is 9.44. The first kappa shape index (κ1) is 21.4. The zero-order valence-corrected chi connectivity index (χ0v) is 17.6. The van der Waals surface area contributed by atoms with Crippen LogP contribution in [-0.2, 0) is 17.8 Å². The van der Waals surface area contributed by atoms with Gasteiger partial charge in [-0.2, -0.15) is 0 Å². The Bertz CT molecular complexity index is 1030. The van der Waals surface area contributed by atoms with E-state index in [1.54, 1.807) is 30.5 Å². The minimum Gasteiger partial charge on any atom is -0.384 e. The van der Waals surface area contributed by atoms with Crippen molar-refractivity contribution in [2.45, 2.75) is 32.9 Å². The summed E-state index contributed by atoms with van der Waals surface area (Å²) in [6.07, 6.45) is 1.93. The number of halogens is 1. The van der Waals surface area contributed by atoms with Crippen LogP contribution in [0.4, 0.5) is 5.82 Å². The summed E-state index contributed by atoms with van der Waals surface area (Å²) in [5.74, 6) is -0.213. The van der Waals surface area contributed by atoms with Crippen molar-refractivity contribution in [1.82, 2.24) is 20.6 Å². The first-order valence-corrected chi connectivity index (χ1v) is 9.89. The number of aromatic amines is 1. The molecule has 1 aromatic carbocycles. The average molecular weight is 426 g/mol. The maximum Gasteiger partial charge on any atom is 0.268 e. The summed E-state index contributed by atoms with van der Waals surface area (Å²) in [4.78, 5) is 32.7. The molecule has 0 unspecified atom stereocenters. The molecular formula is C22H24ClN5O2. The summed E-state index contributed by atoms with van der Waals surface area (Å²) in [5, 5.41) is 6.31. The Labute approximate surface area is 180 Å². The van der Waals surface area contributed by atoms with Crippen LogP contribution in [0.1, 0.15) is 32.9 Å². The molecule has 5 N–H and O–H groups in total. The van der Waals surface area contributed by atoms with E-state index in [4.69, 9.17) is 17.3 Å². The van der Waals surface area contributed by atoms with Crippen LogP contribution < -0.4 is 16.4 Å². The fourth-order valence-electron chi connectivity index (χ4n) is 3.11. The van der Waals surface area contributed by atoms with Crippen molar-refractivity contribution < 1.29 is 9.59 Å². The molecule has 0 aliphatic rings. The zero-order valence-electron chi connectivity index (χ0n) is 16.8. The minimum atomic E-state index is -0.761. The second-order valence-corrected chi connectivity index (χ2v) is 7.61. The smallest absolute Gasteiger partial charge is 0.268 e. The van der Waals surface area contributed by atoms with E-state index in [2.05, 4.69) is 20.6 Å². The van der Waals surface area contributed by atoms with Crippen molar-refractivity contribution >= 4 is 29.2 Å². The van der Waals surface area contributed by atoms with Crippen LogP contribution in [0.5, 0.6) is 0 Å². The van der Waals surface area contributed by atoms with Crippen LogP contribution >= 0.6 is 11.6 Å². The van der Waals surface area contributed by atoms with Crippen molar-refractivity contribution in [3.05, 3.63) is 81.8 Å². The number of benzene rings is 1. The van der Waals surface area contributed by atoms with Crippen molar-refractivity contribution in [3.63, 3.8) is 0 Å². The Kier molecular flexibility index (Phi) is 6.74. The van der Waals surface area contributed by atoms with Crippen molar-refractivity contribution in [1.29, 1.82) is 0 Å². The summed E-state index contributed by atoms with van der Waals surface area (Å²) in [6, 6.07) is 11.8. The number of H-pyrrole nitrogens is 1. The van der Waals surface area contributed by atoms with Gasteiger partial charge in [-0.05, 0) is 54.8 Å². The van der Waals surface area contributed by atoms with Gasteiger partial charge in [0.1, 0.15) is 17.6 Å². The fourth-order valence-corrected chi connectivity index (χ4v) is 3.24. The maximum absolute atomic E-state index is 12.9. The van der Waals surface area contributed by atoms with E-state index in [1.807, 2.05) is 32.0 Å². The third kappa shape index (κ3) is 5.61. The predicted octanol–water partition coefficient (Wildman–Crippen LogP) is 2.92. The Hall–Kier alpha value is -3.32. The number of carbonyl (C=O) groups is 2. The zero-order chi connectivity index (χ0) is 21.7. The van der Waals surface area contributed by atoms with E-state index >= 15 is 0 Å². The SMILES string of the molecule is Cc1cc(C)c(C(=O)N[C@@H](Cc2ccc(Cl)cc2)C(=O)NCc2ccc(N)nc2)[nH]1. The van der Waals surface area contributed by atoms with Gasteiger partial charge < -0.3 is 21.4 Å². The molecule has 2 amide bonds. The lowest BCUT2D eigenvalue weighted by molar-refractivity contribution is -0.123. The number of hydrogen-bond donors (Lipinski definition) is 4. The van der Waals surface area contributed by atoms with Gasteiger partial charge in [0.05, 0.1) is 0 Å². The van der Waals surface area contributed by atoms with Crippen LogP contribution in [0.15, 0.2) is 48.7 Å². The van der Waals surface area contributed by atoms with Gasteiger partial charge in [-0.25, -0.2) is 4.98 Å². The lowest BCUT2D eigenvalue weighted by atomic mass is 10.0. The van der Waals surface area contributed by atoms with E-state index in [0.717, 1.165) is 22.4 Å². The van der Waals surface area contributed by atoms with Crippen molar-refractivity contribution in [2.75, 3.05) is 5.73 Å². The minimum absolute atomic E-state index is 0.278. The molecule has 8 heteroatoms. The number of nitrogens with two attached hydrogens (primary N) is 1. The molecular weight excluding hydrogens is 402 g/mol. The Morgan fingerprint density at radius 1 is 1.13 bits per heavy atom. The first-order valence-electron chi connectivity index (χ1n) is 9.51. The topological polar surface area (TPSA) is 113 Å². The second kappa shape index (κ2) is 9.45. The number of nitrogen functional groups attached to an aromatic ring is 1. The second-order valence-electron chi connectivity index (χ2n) is 7.18. The number of aryl methyl sites for hydroxylation is 2. The molecule has 3 aromatic rings. The Morgan fingerprint density at radius 2 is 1.83 bits per heavy atom. The Morgan fingerprint density at radius 3 is 2.43 bits per heavy atom. The number of amides is 2. The third-order valence-corrected chi connectivity index (χ3v) is 4.92. The molecule has 0 saturated carbocycles. The first-order chi connectivity index (χ1) is 14.3. The molecule has 30 heavy (non-hydrogen) atoms. The molecule has 0 fully saturated rings. The normalized spacial score (nSPS) is 11.7. The number of nitrogens with one attached hydrogen (secondary N) is 3. The molecule has 156 valence electrons. The molecule has 0 aliphatic heterocycles. The highest BCUT2D eigenvalue weighted by Gasteiger charge is 2.23. The molecule has 0 aliphatic carbocycles. The fraction of sp³-hybridized carbons (Fsp3) is 0.227. The third-order valence-electron chi connectivity index (χ3n) is 4.67. The summed E-state index contributed by atoms with van der Waals surface area (Å²) >= 11 is 5.96. The lowest BCUT2D eigenvalue weighted by Gasteiger charge is -2.19. The van der Waals surface area contributed by atoms with Crippen LogP contribution in [0.2, 0.25) is 5.02 Å².